The van der Waals surface area contributed by atoms with Crippen molar-refractivity contribution in [2.75, 3.05) is 0 Å². The second kappa shape index (κ2) is 10.1. The predicted molar refractivity (Wildman–Crippen MR) is 52.9 cm³/mol. The molecule has 0 amide bonds. The van der Waals surface area contributed by atoms with E-state index in [4.69, 9.17) is 0 Å². The van der Waals surface area contributed by atoms with Crippen molar-refractivity contribution in [3.63, 3.8) is 0 Å². The van der Waals surface area contributed by atoms with Gasteiger partial charge in [0.1, 0.15) is 0 Å². The average molecular weight is 298 g/mol. The summed E-state index contributed by atoms with van der Waals surface area (Å²) in [6.45, 7) is 3.81. The van der Waals surface area contributed by atoms with Gasteiger partial charge in [0.15, 0.2) is 0 Å². The molecule has 0 saturated heterocycles. The molecule has 0 aromatic carbocycles. The van der Waals surface area contributed by atoms with Gasteiger partial charge in [-0.1, -0.05) is 32.6 Å². The Bertz CT molecular complexity index is 134. The minimum absolute atomic E-state index is 0. The summed E-state index contributed by atoms with van der Waals surface area (Å²) in [5.74, 6) is -1.09. The summed E-state index contributed by atoms with van der Waals surface area (Å²) in [7, 11) is 0. The van der Waals surface area contributed by atoms with Gasteiger partial charge < -0.3 is 6.42 Å². The molecule has 0 aromatic rings. The van der Waals surface area contributed by atoms with Gasteiger partial charge in [-0.05, 0) is 6.42 Å². The Morgan fingerprint density at radius 2 is 1.73 bits per heavy atom. The van der Waals surface area contributed by atoms with E-state index in [9.17, 15) is 13.2 Å². The molecule has 0 nitrogen and oxygen atoms in total. The van der Waals surface area contributed by atoms with Crippen LogP contribution in [-0.4, -0.2) is 6.18 Å². The van der Waals surface area contributed by atoms with Gasteiger partial charge in [0.2, 0.25) is 0 Å². The largest absolute Gasteiger partial charge is 3.00 e. The number of hydrogen-bond acceptors (Lipinski definition) is 0. The van der Waals surface area contributed by atoms with Gasteiger partial charge in [0.25, 0.3) is 0 Å². The molecule has 1 unspecified atom stereocenters. The monoisotopic (exact) mass is 298 g/mol. The van der Waals surface area contributed by atoms with Crippen molar-refractivity contribution in [3.8, 4) is 0 Å². The molecule has 0 fully saturated rings. The van der Waals surface area contributed by atoms with E-state index in [0.29, 0.717) is 19.3 Å². The van der Waals surface area contributed by atoms with E-state index in [1.165, 1.54) is 0 Å². The van der Waals surface area contributed by atoms with Crippen molar-refractivity contribution >= 4 is 0 Å². The van der Waals surface area contributed by atoms with Crippen LogP contribution < -0.4 is 0 Å². The average Bonchev–Trinajstić information content (AvgIpc) is 2.09. The van der Waals surface area contributed by atoms with E-state index >= 15 is 0 Å². The molecule has 0 aliphatic carbocycles. The van der Waals surface area contributed by atoms with Crippen LogP contribution in [0.5, 0.6) is 0 Å². The van der Waals surface area contributed by atoms with E-state index in [1.807, 2.05) is 6.92 Å². The topological polar surface area (TPSA) is 0 Å². The van der Waals surface area contributed by atoms with Gasteiger partial charge in [-0.2, -0.15) is 26.5 Å². The van der Waals surface area contributed by atoms with Gasteiger partial charge in [-0.3, -0.25) is 0 Å². The zero-order valence-corrected chi connectivity index (χ0v) is 12.4. The third-order valence-corrected chi connectivity index (χ3v) is 2.42. The summed E-state index contributed by atoms with van der Waals surface area (Å²) >= 11 is 0. The maximum absolute atomic E-state index is 12.5. The smallest absolute Gasteiger partial charge is 0.331 e. The summed E-state index contributed by atoms with van der Waals surface area (Å²) in [5.41, 5.74) is 0. The summed E-state index contributed by atoms with van der Waals surface area (Å²) in [4.78, 5) is 0. The first-order valence-corrected chi connectivity index (χ1v) is 5.36. The van der Waals surface area contributed by atoms with Crippen LogP contribution in [-0.2, 0) is 32.7 Å². The molecular weight excluding hydrogens is 278 g/mol. The van der Waals surface area contributed by atoms with Crippen molar-refractivity contribution in [2.24, 2.45) is 5.92 Å². The van der Waals surface area contributed by atoms with Crippen molar-refractivity contribution < 1.29 is 45.9 Å². The Morgan fingerprint density at radius 1 is 1.13 bits per heavy atom. The maximum Gasteiger partial charge on any atom is 3.00 e. The molecule has 0 aliphatic heterocycles. The second-order valence-corrected chi connectivity index (χ2v) is 3.72. The number of hydrogen-bond donors (Lipinski definition) is 0. The quantitative estimate of drug-likeness (QED) is 0.470. The minimum atomic E-state index is -4.00. The van der Waals surface area contributed by atoms with Gasteiger partial charge in [-0.15, -0.1) is 0 Å². The van der Waals surface area contributed by atoms with Crippen molar-refractivity contribution in [1.29, 1.82) is 0 Å². The molecule has 0 saturated carbocycles. The van der Waals surface area contributed by atoms with Gasteiger partial charge >= 0.3 is 38.9 Å². The molecular formula is C11H20F3Y+2. The molecule has 0 heterocycles. The molecule has 0 bridgehead atoms. The maximum atomic E-state index is 12.5. The van der Waals surface area contributed by atoms with E-state index in [-0.39, 0.29) is 39.1 Å². The van der Waals surface area contributed by atoms with Crippen LogP contribution in [0.25, 0.3) is 0 Å². The van der Waals surface area contributed by atoms with E-state index in [2.05, 4.69) is 0 Å². The van der Waals surface area contributed by atoms with Crippen LogP contribution in [0.15, 0.2) is 0 Å². The summed E-state index contributed by atoms with van der Waals surface area (Å²) in [5, 5.41) is 0. The second-order valence-electron chi connectivity index (χ2n) is 3.72. The van der Waals surface area contributed by atoms with Gasteiger partial charge in [0.05, 0.1) is 5.92 Å². The van der Waals surface area contributed by atoms with Crippen LogP contribution in [0.3, 0.4) is 0 Å². The first-order valence-electron chi connectivity index (χ1n) is 5.36. The van der Waals surface area contributed by atoms with Gasteiger partial charge in [-0.25, -0.2) is 0 Å². The number of rotatable bonds is 7. The van der Waals surface area contributed by atoms with Gasteiger partial charge in [0, 0.05) is 0 Å². The normalized spacial score (nSPS) is 13.4. The van der Waals surface area contributed by atoms with Crippen LogP contribution in [0.1, 0.15) is 52.4 Å². The summed E-state index contributed by atoms with van der Waals surface area (Å²) < 4.78 is 37.4. The van der Waals surface area contributed by atoms with Crippen LogP contribution in [0.2, 0.25) is 0 Å². The fourth-order valence-corrected chi connectivity index (χ4v) is 1.48. The molecule has 86 valence electrons. The molecule has 0 spiro atoms. The van der Waals surface area contributed by atoms with Crippen LogP contribution in [0, 0.1) is 12.3 Å². The predicted octanol–water partition coefficient (Wildman–Crippen LogP) is 4.75. The number of alkyl halides is 3. The summed E-state index contributed by atoms with van der Waals surface area (Å²) in [6.07, 6.45) is 1.50. The zero-order valence-electron chi connectivity index (χ0n) is 9.61. The third kappa shape index (κ3) is 9.80. The Hall–Kier alpha value is 0.894. The molecule has 0 N–H and O–H groups in total. The van der Waals surface area contributed by atoms with E-state index in [1.54, 1.807) is 13.3 Å². The summed E-state index contributed by atoms with van der Waals surface area (Å²) in [6, 6.07) is 0. The SMILES string of the molecule is C[CH-]CCC(CCCCC)C(F)(F)F.[Y+3]. The molecule has 0 aliphatic rings. The molecule has 0 aromatic heterocycles. The fraction of sp³-hybridized carbons (Fsp3) is 0.909. The zero-order chi connectivity index (χ0) is 11.0. The van der Waals surface area contributed by atoms with Crippen molar-refractivity contribution in [2.45, 2.75) is 58.5 Å². The van der Waals surface area contributed by atoms with Crippen LogP contribution >= 0.6 is 0 Å². The first kappa shape index (κ1) is 18.3. The minimum Gasteiger partial charge on any atom is -0.331 e. The molecule has 4 heteroatoms. The molecule has 15 heavy (non-hydrogen) atoms. The Kier molecular flexibility index (Phi) is 12.3. The Labute approximate surface area is 116 Å². The molecule has 1 atom stereocenters. The molecule has 0 rings (SSSR count). The van der Waals surface area contributed by atoms with E-state index in [0.717, 1.165) is 12.8 Å². The van der Waals surface area contributed by atoms with Crippen molar-refractivity contribution in [3.05, 3.63) is 6.42 Å². The Balaban J connectivity index is 0. The van der Waals surface area contributed by atoms with E-state index < -0.39 is 12.1 Å². The first-order chi connectivity index (χ1) is 6.52. The fourth-order valence-electron chi connectivity index (χ4n) is 1.48. The number of unbranched alkanes of at least 4 members (excludes halogenated alkanes) is 3. The Morgan fingerprint density at radius 3 is 2.13 bits per heavy atom. The standard InChI is InChI=1S/C11H20F3.Y/c1-3-5-7-9-10(8-6-4-2)11(12,13)14;/h4,10H,3,5-9H2,1-2H3;/q-1;+3. The number of halogens is 3. The molecule has 0 radical (unpaired) electrons. The van der Waals surface area contributed by atoms with Crippen molar-refractivity contribution in [1.82, 2.24) is 0 Å². The third-order valence-electron chi connectivity index (χ3n) is 2.42. The van der Waals surface area contributed by atoms with Crippen LogP contribution in [0.4, 0.5) is 13.2 Å².